The van der Waals surface area contributed by atoms with Crippen molar-refractivity contribution in [3.8, 4) is 0 Å². The van der Waals surface area contributed by atoms with Crippen molar-refractivity contribution >= 4 is 11.6 Å². The first-order valence-corrected chi connectivity index (χ1v) is 5.68. The molecule has 1 rings (SSSR count). The van der Waals surface area contributed by atoms with E-state index in [1.165, 1.54) is 12.1 Å². The minimum Gasteiger partial charge on any atom is -0.388 e. The van der Waals surface area contributed by atoms with Crippen LogP contribution in [-0.2, 0) is 0 Å². The van der Waals surface area contributed by atoms with Gasteiger partial charge in [0, 0.05) is 11.5 Å². The molecule has 90 valence electrons. The fourth-order valence-electron chi connectivity index (χ4n) is 1.75. The summed E-state index contributed by atoms with van der Waals surface area (Å²) >= 11 is 5.67. The lowest BCUT2D eigenvalue weighted by Crippen LogP contribution is -2.27. The molecule has 4 heteroatoms. The molecule has 0 aromatic heterocycles. The third-order valence-electron chi connectivity index (χ3n) is 2.83. The Morgan fingerprint density at radius 1 is 1.44 bits per heavy atom. The van der Waals surface area contributed by atoms with Gasteiger partial charge in [0.2, 0.25) is 0 Å². The molecule has 1 aromatic carbocycles. The van der Waals surface area contributed by atoms with Crippen LogP contribution in [0.25, 0.3) is 0 Å². The predicted octanol–water partition coefficient (Wildman–Crippen LogP) is 2.74. The van der Waals surface area contributed by atoms with Crippen LogP contribution in [0, 0.1) is 17.7 Å². The molecule has 1 aromatic rings. The maximum absolute atomic E-state index is 13.7. The minimum absolute atomic E-state index is 0.0241. The Labute approximate surface area is 100 Å². The monoisotopic (exact) mass is 245 g/mol. The second-order valence-corrected chi connectivity index (χ2v) is 4.64. The molecule has 0 saturated heterocycles. The number of benzene rings is 1. The van der Waals surface area contributed by atoms with Gasteiger partial charge in [0.05, 0.1) is 11.1 Å². The van der Waals surface area contributed by atoms with E-state index < -0.39 is 11.9 Å². The smallest absolute Gasteiger partial charge is 0.147 e. The van der Waals surface area contributed by atoms with E-state index in [4.69, 9.17) is 17.3 Å². The molecule has 2 unspecified atom stereocenters. The first-order chi connectivity index (χ1) is 7.49. The maximum Gasteiger partial charge on any atom is 0.147 e. The van der Waals surface area contributed by atoms with E-state index in [0.29, 0.717) is 6.54 Å². The highest BCUT2D eigenvalue weighted by Gasteiger charge is 2.25. The molecule has 0 fully saturated rings. The zero-order chi connectivity index (χ0) is 12.3. The van der Waals surface area contributed by atoms with Crippen LogP contribution in [0.4, 0.5) is 4.39 Å². The number of rotatable bonds is 4. The quantitative estimate of drug-likeness (QED) is 0.857. The SMILES string of the molecule is CC(C)C(CN)C(O)c1cccc(Cl)c1F. The Bertz CT molecular complexity index is 357. The molecule has 2 nitrogen and oxygen atoms in total. The molecule has 2 atom stereocenters. The molecular weight excluding hydrogens is 229 g/mol. The van der Waals surface area contributed by atoms with Crippen LogP contribution < -0.4 is 5.73 Å². The summed E-state index contributed by atoms with van der Waals surface area (Å²) in [6.07, 6.45) is -0.913. The van der Waals surface area contributed by atoms with Crippen molar-refractivity contribution < 1.29 is 9.50 Å². The average Bonchev–Trinajstić information content (AvgIpc) is 2.22. The molecular formula is C12H17ClFNO. The molecule has 0 aliphatic carbocycles. The van der Waals surface area contributed by atoms with E-state index in [1.807, 2.05) is 13.8 Å². The Kier molecular flexibility index (Phi) is 4.71. The van der Waals surface area contributed by atoms with Crippen molar-refractivity contribution in [1.29, 1.82) is 0 Å². The van der Waals surface area contributed by atoms with Gasteiger partial charge in [0.25, 0.3) is 0 Å². The lowest BCUT2D eigenvalue weighted by atomic mass is 9.86. The van der Waals surface area contributed by atoms with Crippen molar-refractivity contribution in [3.05, 3.63) is 34.6 Å². The van der Waals surface area contributed by atoms with Crippen LogP contribution in [0.1, 0.15) is 25.5 Å². The number of hydrogen-bond donors (Lipinski definition) is 2. The Morgan fingerprint density at radius 2 is 2.06 bits per heavy atom. The highest BCUT2D eigenvalue weighted by Crippen LogP contribution is 2.31. The van der Waals surface area contributed by atoms with E-state index in [0.717, 1.165) is 0 Å². The molecule has 0 spiro atoms. The predicted molar refractivity (Wildman–Crippen MR) is 63.8 cm³/mol. The van der Waals surface area contributed by atoms with Crippen LogP contribution in [-0.4, -0.2) is 11.7 Å². The van der Waals surface area contributed by atoms with E-state index >= 15 is 0 Å². The summed E-state index contributed by atoms with van der Waals surface area (Å²) in [5, 5.41) is 10.1. The second-order valence-electron chi connectivity index (χ2n) is 4.23. The summed E-state index contributed by atoms with van der Waals surface area (Å²) in [6.45, 7) is 4.21. The molecule has 0 aliphatic rings. The van der Waals surface area contributed by atoms with Crippen LogP contribution in [0.2, 0.25) is 5.02 Å². The zero-order valence-corrected chi connectivity index (χ0v) is 10.2. The molecule has 3 N–H and O–H groups in total. The second kappa shape index (κ2) is 5.62. The molecule has 0 heterocycles. The normalized spacial score (nSPS) is 15.2. The Morgan fingerprint density at radius 3 is 2.56 bits per heavy atom. The molecule has 0 saturated carbocycles. The van der Waals surface area contributed by atoms with Gasteiger partial charge >= 0.3 is 0 Å². The van der Waals surface area contributed by atoms with Gasteiger partial charge in [-0.2, -0.15) is 0 Å². The summed E-state index contributed by atoms with van der Waals surface area (Å²) in [6, 6.07) is 4.62. The Balaban J connectivity index is 3.03. The molecule has 0 aliphatic heterocycles. The molecule has 16 heavy (non-hydrogen) atoms. The van der Waals surface area contributed by atoms with Crippen molar-refractivity contribution in [2.45, 2.75) is 20.0 Å². The van der Waals surface area contributed by atoms with Crippen molar-refractivity contribution in [1.82, 2.24) is 0 Å². The number of hydrogen-bond acceptors (Lipinski definition) is 2. The molecule has 0 bridgehead atoms. The largest absolute Gasteiger partial charge is 0.388 e. The molecule has 0 radical (unpaired) electrons. The summed E-state index contributed by atoms with van der Waals surface area (Å²) < 4.78 is 13.7. The first-order valence-electron chi connectivity index (χ1n) is 5.31. The topological polar surface area (TPSA) is 46.2 Å². The van der Waals surface area contributed by atoms with Gasteiger partial charge in [-0.25, -0.2) is 4.39 Å². The fourth-order valence-corrected chi connectivity index (χ4v) is 1.93. The van der Waals surface area contributed by atoms with Crippen molar-refractivity contribution in [2.75, 3.05) is 6.54 Å². The third-order valence-corrected chi connectivity index (χ3v) is 3.13. The maximum atomic E-state index is 13.7. The van der Waals surface area contributed by atoms with Gasteiger partial charge < -0.3 is 10.8 Å². The van der Waals surface area contributed by atoms with Gasteiger partial charge in [0.15, 0.2) is 0 Å². The third kappa shape index (κ3) is 2.73. The van der Waals surface area contributed by atoms with Crippen molar-refractivity contribution in [3.63, 3.8) is 0 Å². The number of aliphatic hydroxyl groups is 1. The summed E-state index contributed by atoms with van der Waals surface area (Å²) in [5.41, 5.74) is 5.80. The number of nitrogens with two attached hydrogens (primary N) is 1. The van der Waals surface area contributed by atoms with Crippen LogP contribution in [0.15, 0.2) is 18.2 Å². The minimum atomic E-state index is -0.913. The van der Waals surface area contributed by atoms with E-state index in [9.17, 15) is 9.50 Å². The highest BCUT2D eigenvalue weighted by molar-refractivity contribution is 6.30. The lowest BCUT2D eigenvalue weighted by molar-refractivity contribution is 0.0828. The lowest BCUT2D eigenvalue weighted by Gasteiger charge is -2.25. The van der Waals surface area contributed by atoms with E-state index in [2.05, 4.69) is 0 Å². The average molecular weight is 246 g/mol. The van der Waals surface area contributed by atoms with Crippen LogP contribution >= 0.6 is 11.6 Å². The number of aliphatic hydroxyl groups excluding tert-OH is 1. The highest BCUT2D eigenvalue weighted by atomic mass is 35.5. The van der Waals surface area contributed by atoms with Gasteiger partial charge in [-0.05, 0) is 18.5 Å². The van der Waals surface area contributed by atoms with Gasteiger partial charge in [-0.15, -0.1) is 0 Å². The Hall–Kier alpha value is -0.640. The van der Waals surface area contributed by atoms with Gasteiger partial charge in [-0.1, -0.05) is 37.6 Å². The van der Waals surface area contributed by atoms with E-state index in [-0.39, 0.29) is 22.4 Å². The summed E-state index contributed by atoms with van der Waals surface area (Å²) in [5.74, 6) is -0.554. The zero-order valence-electron chi connectivity index (χ0n) is 9.45. The van der Waals surface area contributed by atoms with Crippen LogP contribution in [0.5, 0.6) is 0 Å². The summed E-state index contributed by atoms with van der Waals surface area (Å²) in [7, 11) is 0. The first kappa shape index (κ1) is 13.4. The van der Waals surface area contributed by atoms with Crippen molar-refractivity contribution in [2.24, 2.45) is 17.6 Å². The number of halogens is 2. The van der Waals surface area contributed by atoms with Gasteiger partial charge in [-0.3, -0.25) is 0 Å². The molecule has 0 amide bonds. The standard InChI is InChI=1S/C12H17ClFNO/c1-7(2)9(6-15)12(16)8-4-3-5-10(13)11(8)14/h3-5,7,9,12,16H,6,15H2,1-2H3. The summed E-state index contributed by atoms with van der Waals surface area (Å²) in [4.78, 5) is 0. The van der Waals surface area contributed by atoms with Crippen LogP contribution in [0.3, 0.4) is 0 Å². The fraction of sp³-hybridized carbons (Fsp3) is 0.500. The van der Waals surface area contributed by atoms with Gasteiger partial charge in [0.1, 0.15) is 5.82 Å². The van der Waals surface area contributed by atoms with E-state index in [1.54, 1.807) is 6.07 Å².